The average molecular weight is 568 g/mol. The summed E-state index contributed by atoms with van der Waals surface area (Å²) in [6, 6.07) is 15.2. The Morgan fingerprint density at radius 1 is 1.07 bits per heavy atom. The number of halogens is 2. The quantitative estimate of drug-likeness (QED) is 0.318. The van der Waals surface area contributed by atoms with Gasteiger partial charge in [0.2, 0.25) is 10.0 Å². The number of piperidine rings is 1. The maximum absolute atomic E-state index is 13.6. The maximum Gasteiger partial charge on any atom is 0.253 e. The van der Waals surface area contributed by atoms with E-state index in [0.717, 1.165) is 35.6 Å². The van der Waals surface area contributed by atoms with Gasteiger partial charge in [-0.3, -0.25) is 9.10 Å². The zero-order chi connectivity index (χ0) is 28.6. The fourth-order valence-electron chi connectivity index (χ4n) is 5.36. The molecule has 0 saturated carbocycles. The van der Waals surface area contributed by atoms with E-state index in [9.17, 15) is 22.0 Å². The van der Waals surface area contributed by atoms with Crippen LogP contribution in [0.15, 0.2) is 65.1 Å². The van der Waals surface area contributed by atoms with Crippen molar-refractivity contribution in [2.24, 2.45) is 0 Å². The summed E-state index contributed by atoms with van der Waals surface area (Å²) >= 11 is 0. The third-order valence-electron chi connectivity index (χ3n) is 7.48. The van der Waals surface area contributed by atoms with Gasteiger partial charge in [0.15, 0.2) is 0 Å². The average Bonchev–Trinajstić information content (AvgIpc) is 3.29. The molecule has 1 N–H and O–H groups in total. The topological polar surface area (TPSA) is 82.9 Å². The normalized spacial score (nSPS) is 15.9. The molecule has 40 heavy (non-hydrogen) atoms. The van der Waals surface area contributed by atoms with Crippen molar-refractivity contribution in [3.8, 4) is 11.3 Å². The molecule has 0 aliphatic carbocycles. The zero-order valence-electron chi connectivity index (χ0n) is 22.6. The van der Waals surface area contributed by atoms with Crippen molar-refractivity contribution >= 4 is 32.6 Å². The molecule has 1 atom stereocenters. The van der Waals surface area contributed by atoms with Crippen LogP contribution in [0.5, 0.6) is 0 Å². The molecule has 0 bridgehead atoms. The van der Waals surface area contributed by atoms with E-state index in [1.54, 1.807) is 23.1 Å². The van der Waals surface area contributed by atoms with E-state index in [0.29, 0.717) is 47.8 Å². The minimum absolute atomic E-state index is 0.145. The number of nitrogens with zero attached hydrogens (tertiary/aromatic N) is 2. The number of hydrogen-bond acceptors (Lipinski definition) is 5. The summed E-state index contributed by atoms with van der Waals surface area (Å²) in [6.45, 7) is 1.41. The number of benzene rings is 3. The number of carbonyl (C=O) groups excluding carboxylic acids is 1. The predicted molar refractivity (Wildman–Crippen MR) is 152 cm³/mol. The van der Waals surface area contributed by atoms with Crippen LogP contribution in [-0.2, 0) is 16.6 Å². The van der Waals surface area contributed by atoms with Crippen molar-refractivity contribution in [2.75, 3.05) is 37.7 Å². The van der Waals surface area contributed by atoms with Gasteiger partial charge in [0.25, 0.3) is 5.91 Å². The van der Waals surface area contributed by atoms with Crippen molar-refractivity contribution in [2.45, 2.75) is 25.3 Å². The molecule has 1 aliphatic rings. The summed E-state index contributed by atoms with van der Waals surface area (Å²) in [7, 11) is -0.289. The molecule has 210 valence electrons. The number of hydrogen-bond donors (Lipinski definition) is 1. The fraction of sp³-hybridized carbons (Fsp3) is 0.300. The van der Waals surface area contributed by atoms with Crippen LogP contribution >= 0.6 is 0 Å². The highest BCUT2D eigenvalue weighted by molar-refractivity contribution is 7.92. The Kier molecular flexibility index (Phi) is 7.65. The van der Waals surface area contributed by atoms with Crippen molar-refractivity contribution in [1.82, 2.24) is 10.2 Å². The van der Waals surface area contributed by atoms with Gasteiger partial charge in [0.1, 0.15) is 23.0 Å². The molecule has 3 aromatic carbocycles. The van der Waals surface area contributed by atoms with Crippen LogP contribution in [0.25, 0.3) is 22.3 Å². The van der Waals surface area contributed by atoms with E-state index in [1.807, 2.05) is 13.1 Å². The van der Waals surface area contributed by atoms with Gasteiger partial charge < -0.3 is 14.6 Å². The van der Waals surface area contributed by atoms with Gasteiger partial charge in [-0.2, -0.15) is 0 Å². The summed E-state index contributed by atoms with van der Waals surface area (Å²) in [4.78, 5) is 15.0. The lowest BCUT2D eigenvalue weighted by Crippen LogP contribution is -2.39. The lowest BCUT2D eigenvalue weighted by atomic mass is 9.87. The largest absolute Gasteiger partial charge is 0.456 e. The lowest BCUT2D eigenvalue weighted by molar-refractivity contribution is 0.0707. The first kappa shape index (κ1) is 27.8. The first-order chi connectivity index (χ1) is 19.1. The first-order valence-corrected chi connectivity index (χ1v) is 14.9. The molecule has 1 aliphatic heterocycles. The number of anilines is 1. The van der Waals surface area contributed by atoms with Crippen LogP contribution in [0.3, 0.4) is 0 Å². The van der Waals surface area contributed by atoms with Crippen LogP contribution in [-0.4, -0.2) is 52.7 Å². The van der Waals surface area contributed by atoms with Gasteiger partial charge in [-0.25, -0.2) is 17.2 Å². The van der Waals surface area contributed by atoms with Crippen molar-refractivity contribution < 1.29 is 26.4 Å². The number of nitrogens with one attached hydrogen (secondary N) is 1. The van der Waals surface area contributed by atoms with Crippen molar-refractivity contribution in [3.63, 3.8) is 0 Å². The second kappa shape index (κ2) is 11.0. The number of likely N-dealkylation sites (tertiary alicyclic amines) is 1. The monoisotopic (exact) mass is 567 g/mol. The Labute approximate surface area is 232 Å². The fourth-order valence-corrected chi connectivity index (χ4v) is 5.87. The molecular formula is C30H31F2N3O4S. The first-order valence-electron chi connectivity index (χ1n) is 13.1. The lowest BCUT2D eigenvalue weighted by Gasteiger charge is -2.35. The van der Waals surface area contributed by atoms with E-state index in [1.165, 1.54) is 47.8 Å². The van der Waals surface area contributed by atoms with Gasteiger partial charge in [0, 0.05) is 60.7 Å². The molecular weight excluding hydrogens is 536 g/mol. The molecule has 5 rings (SSSR count). The SMILES string of the molecule is CNCc1c(-c2ccc(F)cc2)oc2cc(N(C)S(C)(=O)=O)c(C3CCCN(C(=O)c4ccc(F)cc4)C3)cc12. The predicted octanol–water partition coefficient (Wildman–Crippen LogP) is 5.51. The van der Waals surface area contributed by atoms with Gasteiger partial charge in [-0.05, 0) is 80.1 Å². The third-order valence-corrected chi connectivity index (χ3v) is 8.67. The van der Waals surface area contributed by atoms with Gasteiger partial charge in [-0.15, -0.1) is 0 Å². The van der Waals surface area contributed by atoms with Crippen LogP contribution in [0.1, 0.15) is 40.2 Å². The molecule has 4 aromatic rings. The Morgan fingerprint density at radius 3 is 2.35 bits per heavy atom. The molecule has 0 spiro atoms. The highest BCUT2D eigenvalue weighted by atomic mass is 32.2. The van der Waals surface area contributed by atoms with Crippen LogP contribution in [0, 0.1) is 11.6 Å². The summed E-state index contributed by atoms with van der Waals surface area (Å²) in [5.41, 5.74) is 3.76. The molecule has 0 radical (unpaired) electrons. The maximum atomic E-state index is 13.6. The second-order valence-corrected chi connectivity index (χ2v) is 12.2. The standard InChI is InChI=1S/C30H31F2N3O4S/c1-33-17-26-25-15-24(21-5-4-14-35(18-21)30(36)20-8-12-23(32)13-9-20)27(34(2)40(3,37)38)16-28(25)39-29(26)19-6-10-22(31)11-7-19/h6-13,15-16,21,33H,4-5,14,17-18H2,1-3H3. The number of fused-ring (bicyclic) bond motifs is 1. The Morgan fingerprint density at radius 2 is 1.73 bits per heavy atom. The van der Waals surface area contributed by atoms with E-state index >= 15 is 0 Å². The zero-order valence-corrected chi connectivity index (χ0v) is 23.4. The Hall–Kier alpha value is -3.76. The summed E-state index contributed by atoms with van der Waals surface area (Å²) in [6.07, 6.45) is 2.63. The van der Waals surface area contributed by atoms with Gasteiger partial charge in [-0.1, -0.05) is 0 Å². The van der Waals surface area contributed by atoms with E-state index in [4.69, 9.17) is 4.42 Å². The number of furan rings is 1. The van der Waals surface area contributed by atoms with E-state index in [-0.39, 0.29) is 17.6 Å². The number of carbonyl (C=O) groups is 1. The van der Waals surface area contributed by atoms with Crippen LogP contribution < -0.4 is 9.62 Å². The molecule has 10 heteroatoms. The highest BCUT2D eigenvalue weighted by Gasteiger charge is 2.30. The van der Waals surface area contributed by atoms with Crippen LogP contribution in [0.4, 0.5) is 14.5 Å². The molecule has 1 aromatic heterocycles. The molecule has 1 fully saturated rings. The number of amides is 1. The smallest absolute Gasteiger partial charge is 0.253 e. The summed E-state index contributed by atoms with van der Waals surface area (Å²) < 4.78 is 59.9. The highest BCUT2D eigenvalue weighted by Crippen LogP contribution is 2.42. The molecule has 1 saturated heterocycles. The molecule has 7 nitrogen and oxygen atoms in total. The van der Waals surface area contributed by atoms with E-state index < -0.39 is 15.8 Å². The number of sulfonamides is 1. The van der Waals surface area contributed by atoms with Crippen LogP contribution in [0.2, 0.25) is 0 Å². The summed E-state index contributed by atoms with van der Waals surface area (Å²) in [5, 5.41) is 3.98. The summed E-state index contributed by atoms with van der Waals surface area (Å²) in [5.74, 6) is -0.528. The molecule has 1 unspecified atom stereocenters. The van der Waals surface area contributed by atoms with E-state index in [2.05, 4.69) is 5.32 Å². The molecule has 1 amide bonds. The molecule has 2 heterocycles. The Balaban J connectivity index is 1.62. The third kappa shape index (κ3) is 5.46. The minimum Gasteiger partial charge on any atom is -0.456 e. The van der Waals surface area contributed by atoms with Crippen molar-refractivity contribution in [3.05, 3.63) is 89.0 Å². The second-order valence-electron chi connectivity index (χ2n) is 10.2. The minimum atomic E-state index is -3.61. The van der Waals surface area contributed by atoms with Crippen molar-refractivity contribution in [1.29, 1.82) is 0 Å². The van der Waals surface area contributed by atoms with Gasteiger partial charge >= 0.3 is 0 Å². The Bertz CT molecular complexity index is 1650. The number of rotatable bonds is 7. The van der Waals surface area contributed by atoms with Gasteiger partial charge in [0.05, 0.1) is 11.9 Å².